The van der Waals surface area contributed by atoms with E-state index in [1.807, 2.05) is 19.1 Å². The zero-order valence-corrected chi connectivity index (χ0v) is 12.4. The van der Waals surface area contributed by atoms with Gasteiger partial charge in [-0.2, -0.15) is 0 Å². The van der Waals surface area contributed by atoms with Gasteiger partial charge in [0, 0.05) is 12.5 Å². The molecular formula is C17H27NO2. The van der Waals surface area contributed by atoms with Crippen molar-refractivity contribution in [1.82, 2.24) is 0 Å². The lowest BCUT2D eigenvalue weighted by Crippen LogP contribution is -2.27. The minimum absolute atomic E-state index is 0.329. The molecule has 1 aliphatic carbocycles. The lowest BCUT2D eigenvalue weighted by Gasteiger charge is -2.33. The summed E-state index contributed by atoms with van der Waals surface area (Å²) in [6.45, 7) is 3.69. The first-order valence-corrected chi connectivity index (χ1v) is 7.82. The van der Waals surface area contributed by atoms with Crippen LogP contribution in [0.15, 0.2) is 24.3 Å². The SMILES string of the molecule is CCOc1ccccc1C(CN)C1CCC(CO)CC1. The van der Waals surface area contributed by atoms with Crippen molar-refractivity contribution >= 4 is 0 Å². The summed E-state index contributed by atoms with van der Waals surface area (Å²) in [4.78, 5) is 0. The van der Waals surface area contributed by atoms with Crippen LogP contribution in [-0.4, -0.2) is 24.9 Å². The van der Waals surface area contributed by atoms with E-state index < -0.39 is 0 Å². The minimum atomic E-state index is 0.329. The predicted molar refractivity (Wildman–Crippen MR) is 81.9 cm³/mol. The maximum absolute atomic E-state index is 9.26. The van der Waals surface area contributed by atoms with E-state index in [0.29, 0.717) is 37.5 Å². The molecule has 1 fully saturated rings. The number of nitrogens with two attached hydrogens (primary N) is 1. The Labute approximate surface area is 122 Å². The number of aliphatic hydroxyl groups excluding tert-OH is 1. The Bertz CT molecular complexity index is 400. The Morgan fingerprint density at radius 2 is 1.95 bits per heavy atom. The van der Waals surface area contributed by atoms with Gasteiger partial charge in [-0.25, -0.2) is 0 Å². The molecule has 1 aliphatic rings. The van der Waals surface area contributed by atoms with E-state index in [9.17, 15) is 5.11 Å². The van der Waals surface area contributed by atoms with Crippen molar-refractivity contribution in [3.63, 3.8) is 0 Å². The van der Waals surface area contributed by atoms with Crippen LogP contribution in [0.4, 0.5) is 0 Å². The summed E-state index contributed by atoms with van der Waals surface area (Å²) in [5.74, 6) is 2.46. The molecule has 2 rings (SSSR count). The van der Waals surface area contributed by atoms with Gasteiger partial charge >= 0.3 is 0 Å². The number of hydrogen-bond donors (Lipinski definition) is 2. The van der Waals surface area contributed by atoms with Gasteiger partial charge in [-0.3, -0.25) is 0 Å². The first-order chi connectivity index (χ1) is 9.80. The summed E-state index contributed by atoms with van der Waals surface area (Å²) in [5.41, 5.74) is 7.32. The van der Waals surface area contributed by atoms with Crippen LogP contribution in [0.25, 0.3) is 0 Å². The molecule has 0 bridgehead atoms. The molecule has 3 heteroatoms. The molecule has 0 saturated heterocycles. The Morgan fingerprint density at radius 3 is 2.55 bits per heavy atom. The highest BCUT2D eigenvalue weighted by Gasteiger charge is 2.29. The van der Waals surface area contributed by atoms with Crippen molar-refractivity contribution in [3.05, 3.63) is 29.8 Å². The lowest BCUT2D eigenvalue weighted by atomic mass is 9.73. The topological polar surface area (TPSA) is 55.5 Å². The summed E-state index contributed by atoms with van der Waals surface area (Å²) in [7, 11) is 0. The van der Waals surface area contributed by atoms with E-state index in [-0.39, 0.29) is 0 Å². The maximum Gasteiger partial charge on any atom is 0.122 e. The molecule has 0 aliphatic heterocycles. The van der Waals surface area contributed by atoms with E-state index in [1.54, 1.807) is 0 Å². The fourth-order valence-electron chi connectivity index (χ4n) is 3.42. The summed E-state index contributed by atoms with van der Waals surface area (Å²) < 4.78 is 5.76. The van der Waals surface area contributed by atoms with Gasteiger partial charge in [-0.15, -0.1) is 0 Å². The molecule has 1 atom stereocenters. The van der Waals surface area contributed by atoms with Crippen LogP contribution in [0.2, 0.25) is 0 Å². The van der Waals surface area contributed by atoms with Gasteiger partial charge in [0.05, 0.1) is 6.61 Å². The molecule has 3 nitrogen and oxygen atoms in total. The number of para-hydroxylation sites is 1. The highest BCUT2D eigenvalue weighted by molar-refractivity contribution is 5.37. The maximum atomic E-state index is 9.26. The molecule has 3 N–H and O–H groups in total. The van der Waals surface area contributed by atoms with Crippen LogP contribution in [-0.2, 0) is 0 Å². The fraction of sp³-hybridized carbons (Fsp3) is 0.647. The van der Waals surface area contributed by atoms with E-state index >= 15 is 0 Å². The van der Waals surface area contributed by atoms with Crippen LogP contribution >= 0.6 is 0 Å². The third kappa shape index (κ3) is 3.53. The molecule has 112 valence electrons. The summed E-state index contributed by atoms with van der Waals surface area (Å²) >= 11 is 0. The molecular weight excluding hydrogens is 250 g/mol. The number of rotatable bonds is 6. The first-order valence-electron chi connectivity index (χ1n) is 7.82. The first kappa shape index (κ1) is 15.3. The van der Waals surface area contributed by atoms with Crippen molar-refractivity contribution < 1.29 is 9.84 Å². The molecule has 1 saturated carbocycles. The molecule has 1 unspecified atom stereocenters. The summed E-state index contributed by atoms with van der Waals surface area (Å²) in [5, 5.41) is 9.26. The second-order valence-corrected chi connectivity index (χ2v) is 5.78. The monoisotopic (exact) mass is 277 g/mol. The summed E-state index contributed by atoms with van der Waals surface area (Å²) in [6, 6.07) is 8.28. The van der Waals surface area contributed by atoms with Crippen LogP contribution in [0.1, 0.15) is 44.1 Å². The van der Waals surface area contributed by atoms with Gasteiger partial charge in [0.2, 0.25) is 0 Å². The van der Waals surface area contributed by atoms with Crippen LogP contribution < -0.4 is 10.5 Å². The van der Waals surface area contributed by atoms with Crippen LogP contribution in [0.5, 0.6) is 5.75 Å². The second-order valence-electron chi connectivity index (χ2n) is 5.78. The van der Waals surface area contributed by atoms with Crippen LogP contribution in [0, 0.1) is 11.8 Å². The molecule has 0 spiro atoms. The van der Waals surface area contributed by atoms with E-state index in [2.05, 4.69) is 12.1 Å². The average Bonchev–Trinajstić information content (AvgIpc) is 2.51. The van der Waals surface area contributed by atoms with Gasteiger partial charge in [-0.1, -0.05) is 18.2 Å². The normalized spacial score (nSPS) is 24.4. The molecule has 0 radical (unpaired) electrons. The predicted octanol–water partition coefficient (Wildman–Crippen LogP) is 2.93. The molecule has 0 heterocycles. The Kier molecular flexibility index (Phi) is 5.86. The standard InChI is InChI=1S/C17H27NO2/c1-2-20-17-6-4-3-5-15(17)16(11-18)14-9-7-13(12-19)8-10-14/h3-6,13-14,16,19H,2,7-12,18H2,1H3. The Morgan fingerprint density at radius 1 is 1.25 bits per heavy atom. The molecule has 0 amide bonds. The van der Waals surface area contributed by atoms with Crippen LogP contribution in [0.3, 0.4) is 0 Å². The third-order valence-electron chi connectivity index (χ3n) is 4.59. The largest absolute Gasteiger partial charge is 0.494 e. The van der Waals surface area contributed by atoms with E-state index in [1.165, 1.54) is 5.56 Å². The highest BCUT2D eigenvalue weighted by Crippen LogP contribution is 2.40. The van der Waals surface area contributed by atoms with Crippen molar-refractivity contribution in [1.29, 1.82) is 0 Å². The Hall–Kier alpha value is -1.06. The third-order valence-corrected chi connectivity index (χ3v) is 4.59. The zero-order valence-electron chi connectivity index (χ0n) is 12.4. The number of aliphatic hydroxyl groups is 1. The number of benzene rings is 1. The quantitative estimate of drug-likeness (QED) is 0.840. The average molecular weight is 277 g/mol. The minimum Gasteiger partial charge on any atom is -0.494 e. The second kappa shape index (κ2) is 7.65. The fourth-order valence-corrected chi connectivity index (χ4v) is 3.42. The Balaban J connectivity index is 2.12. The molecule has 20 heavy (non-hydrogen) atoms. The van der Waals surface area contributed by atoms with Gasteiger partial charge < -0.3 is 15.6 Å². The lowest BCUT2D eigenvalue weighted by molar-refractivity contribution is 0.157. The summed E-state index contributed by atoms with van der Waals surface area (Å²) in [6.07, 6.45) is 4.56. The highest BCUT2D eigenvalue weighted by atomic mass is 16.5. The zero-order chi connectivity index (χ0) is 14.4. The number of ether oxygens (including phenoxy) is 1. The van der Waals surface area contributed by atoms with E-state index in [4.69, 9.17) is 10.5 Å². The molecule has 1 aromatic carbocycles. The smallest absolute Gasteiger partial charge is 0.122 e. The van der Waals surface area contributed by atoms with Crippen molar-refractivity contribution in [2.75, 3.05) is 19.8 Å². The van der Waals surface area contributed by atoms with Gasteiger partial charge in [0.1, 0.15) is 5.75 Å². The molecule has 1 aromatic rings. The van der Waals surface area contributed by atoms with Crippen molar-refractivity contribution in [2.45, 2.75) is 38.5 Å². The van der Waals surface area contributed by atoms with Gasteiger partial charge in [0.15, 0.2) is 0 Å². The van der Waals surface area contributed by atoms with Crippen molar-refractivity contribution in [3.8, 4) is 5.75 Å². The van der Waals surface area contributed by atoms with E-state index in [0.717, 1.165) is 31.4 Å². The van der Waals surface area contributed by atoms with Gasteiger partial charge in [-0.05, 0) is 62.6 Å². The number of hydrogen-bond acceptors (Lipinski definition) is 3. The molecule has 0 aromatic heterocycles. The van der Waals surface area contributed by atoms with Crippen molar-refractivity contribution in [2.24, 2.45) is 17.6 Å². The van der Waals surface area contributed by atoms with Gasteiger partial charge in [0.25, 0.3) is 0 Å².